The molecule has 1 aliphatic heterocycles. The lowest BCUT2D eigenvalue weighted by atomic mass is 10.2. The van der Waals surface area contributed by atoms with Crippen LogP contribution in [0, 0.1) is 0 Å². The molecule has 1 saturated heterocycles. The van der Waals surface area contributed by atoms with Crippen molar-refractivity contribution in [1.82, 2.24) is 24.8 Å². The van der Waals surface area contributed by atoms with Crippen LogP contribution in [-0.4, -0.2) is 39.3 Å². The highest BCUT2D eigenvalue weighted by molar-refractivity contribution is 5.56. The number of nitrogens with one attached hydrogen (secondary N) is 1. The van der Waals surface area contributed by atoms with Gasteiger partial charge in [0.2, 0.25) is 0 Å². The Labute approximate surface area is 133 Å². The van der Waals surface area contributed by atoms with E-state index < -0.39 is 11.9 Å². The van der Waals surface area contributed by atoms with Gasteiger partial charge in [-0.2, -0.15) is 18.2 Å². The number of ether oxygens (including phenoxy) is 1. The molecular weight excluding hydrogens is 327 g/mol. The first-order chi connectivity index (χ1) is 11.5. The van der Waals surface area contributed by atoms with E-state index in [9.17, 15) is 13.2 Å². The molecule has 1 unspecified atom stereocenters. The number of aromatic nitrogens is 4. The second kappa shape index (κ2) is 5.56. The molecule has 3 aromatic heterocycles. The Bertz CT molecular complexity index is 867. The Morgan fingerprint density at radius 2 is 2.08 bits per heavy atom. The third-order valence-corrected chi connectivity index (χ3v) is 3.66. The first kappa shape index (κ1) is 15.1. The lowest BCUT2D eigenvalue weighted by Gasteiger charge is -2.20. The molecule has 0 saturated carbocycles. The van der Waals surface area contributed by atoms with E-state index in [-0.39, 0.29) is 17.6 Å². The molecule has 0 amide bonds. The molecule has 4 rings (SSSR count). The van der Waals surface area contributed by atoms with Gasteiger partial charge in [0.1, 0.15) is 5.65 Å². The molecule has 4 heterocycles. The Balaban J connectivity index is 1.65. The normalized spacial score (nSPS) is 19.0. The molecule has 7 nitrogen and oxygen atoms in total. The number of fused-ring (bicyclic) bond motifs is 1. The summed E-state index contributed by atoms with van der Waals surface area (Å²) in [7, 11) is 0. The van der Waals surface area contributed by atoms with Gasteiger partial charge in [-0.05, 0) is 12.1 Å². The van der Waals surface area contributed by atoms with Crippen molar-refractivity contribution in [1.29, 1.82) is 0 Å². The summed E-state index contributed by atoms with van der Waals surface area (Å²) in [6.45, 7) is 1.75. The van der Waals surface area contributed by atoms with Crippen molar-refractivity contribution in [3.05, 3.63) is 36.0 Å². The zero-order chi connectivity index (χ0) is 16.7. The standard InChI is InChI=1S/C14H12F3N5O2/c15-14(16,17)10-6-22-5-8(1-2-11(22)19-10)13-20-12(21-24-13)9-7-23-4-3-18-9/h1-2,5-6,9,18H,3-4,7H2. The molecule has 0 spiro atoms. The monoisotopic (exact) mass is 339 g/mol. The van der Waals surface area contributed by atoms with Crippen LogP contribution in [0.15, 0.2) is 29.0 Å². The number of pyridine rings is 1. The molecule has 0 aromatic carbocycles. The summed E-state index contributed by atoms with van der Waals surface area (Å²) in [4.78, 5) is 7.83. The molecule has 0 radical (unpaired) electrons. The van der Waals surface area contributed by atoms with Gasteiger partial charge >= 0.3 is 6.18 Å². The smallest absolute Gasteiger partial charge is 0.378 e. The van der Waals surface area contributed by atoms with Gasteiger partial charge in [0.25, 0.3) is 5.89 Å². The zero-order valence-electron chi connectivity index (χ0n) is 12.2. The lowest BCUT2D eigenvalue weighted by Crippen LogP contribution is -2.35. The van der Waals surface area contributed by atoms with Crippen LogP contribution in [0.25, 0.3) is 17.1 Å². The number of hydrogen-bond donors (Lipinski definition) is 1. The van der Waals surface area contributed by atoms with Crippen LogP contribution < -0.4 is 5.32 Å². The average molecular weight is 339 g/mol. The maximum atomic E-state index is 12.7. The Morgan fingerprint density at radius 3 is 2.83 bits per heavy atom. The highest BCUT2D eigenvalue weighted by atomic mass is 19.4. The van der Waals surface area contributed by atoms with E-state index in [1.54, 1.807) is 6.07 Å². The van der Waals surface area contributed by atoms with Crippen LogP contribution in [0.2, 0.25) is 0 Å². The minimum atomic E-state index is -4.49. The summed E-state index contributed by atoms with van der Waals surface area (Å²) in [5, 5.41) is 7.11. The van der Waals surface area contributed by atoms with E-state index in [0.717, 1.165) is 6.20 Å². The third kappa shape index (κ3) is 2.74. The van der Waals surface area contributed by atoms with E-state index in [4.69, 9.17) is 9.26 Å². The van der Waals surface area contributed by atoms with Crippen molar-refractivity contribution in [3.63, 3.8) is 0 Å². The molecule has 1 aliphatic rings. The van der Waals surface area contributed by atoms with Gasteiger partial charge in [-0.3, -0.25) is 0 Å². The second-order valence-electron chi connectivity index (χ2n) is 5.35. The second-order valence-corrected chi connectivity index (χ2v) is 5.35. The number of rotatable bonds is 2. The fourth-order valence-electron chi connectivity index (χ4n) is 2.48. The average Bonchev–Trinajstić information content (AvgIpc) is 3.21. The molecular formula is C14H12F3N5O2. The Kier molecular flexibility index (Phi) is 3.50. The highest BCUT2D eigenvalue weighted by Crippen LogP contribution is 2.29. The molecule has 1 fully saturated rings. The number of morpholine rings is 1. The Hall–Kier alpha value is -2.46. The summed E-state index contributed by atoms with van der Waals surface area (Å²) in [6, 6.07) is 2.89. The molecule has 126 valence electrons. The lowest BCUT2D eigenvalue weighted by molar-refractivity contribution is -0.140. The van der Waals surface area contributed by atoms with E-state index in [2.05, 4.69) is 20.4 Å². The number of nitrogens with zero attached hydrogens (tertiary/aromatic N) is 4. The molecule has 24 heavy (non-hydrogen) atoms. The predicted molar refractivity (Wildman–Crippen MR) is 75.0 cm³/mol. The molecule has 3 aromatic rings. The summed E-state index contributed by atoms with van der Waals surface area (Å²) < 4.78 is 50.0. The summed E-state index contributed by atoms with van der Waals surface area (Å²) in [5.74, 6) is 0.674. The number of alkyl halides is 3. The van der Waals surface area contributed by atoms with Crippen LogP contribution in [0.1, 0.15) is 17.6 Å². The minimum Gasteiger partial charge on any atom is -0.378 e. The van der Waals surface area contributed by atoms with Gasteiger partial charge in [-0.25, -0.2) is 4.98 Å². The molecule has 0 bridgehead atoms. The van der Waals surface area contributed by atoms with E-state index in [1.807, 2.05) is 0 Å². The first-order valence-electron chi connectivity index (χ1n) is 7.22. The van der Waals surface area contributed by atoms with E-state index in [1.165, 1.54) is 16.7 Å². The number of halogens is 3. The van der Waals surface area contributed by atoms with Gasteiger partial charge in [-0.15, -0.1) is 0 Å². The molecule has 1 N–H and O–H groups in total. The predicted octanol–water partition coefficient (Wildman–Crippen LogP) is 2.06. The fourth-order valence-corrected chi connectivity index (χ4v) is 2.48. The van der Waals surface area contributed by atoms with E-state index >= 15 is 0 Å². The van der Waals surface area contributed by atoms with E-state index in [0.29, 0.717) is 31.1 Å². The van der Waals surface area contributed by atoms with Gasteiger partial charge in [0.05, 0.1) is 24.8 Å². The molecule has 10 heteroatoms. The van der Waals surface area contributed by atoms with Gasteiger partial charge in [0.15, 0.2) is 11.5 Å². The van der Waals surface area contributed by atoms with Gasteiger partial charge < -0.3 is 19.0 Å². The third-order valence-electron chi connectivity index (χ3n) is 3.66. The van der Waals surface area contributed by atoms with Crippen molar-refractivity contribution >= 4 is 5.65 Å². The van der Waals surface area contributed by atoms with Crippen LogP contribution in [0.4, 0.5) is 13.2 Å². The van der Waals surface area contributed by atoms with Crippen molar-refractivity contribution in [3.8, 4) is 11.5 Å². The van der Waals surface area contributed by atoms with Crippen molar-refractivity contribution < 1.29 is 22.4 Å². The Morgan fingerprint density at radius 1 is 1.21 bits per heavy atom. The maximum absolute atomic E-state index is 12.7. The molecule has 1 atom stereocenters. The van der Waals surface area contributed by atoms with Crippen LogP contribution in [-0.2, 0) is 10.9 Å². The summed E-state index contributed by atoms with van der Waals surface area (Å²) >= 11 is 0. The molecule has 0 aliphatic carbocycles. The summed E-state index contributed by atoms with van der Waals surface area (Å²) in [5.41, 5.74) is -0.258. The topological polar surface area (TPSA) is 77.5 Å². The van der Waals surface area contributed by atoms with Crippen molar-refractivity contribution in [2.24, 2.45) is 0 Å². The summed E-state index contributed by atoms with van der Waals surface area (Å²) in [6.07, 6.45) is -2.09. The number of imidazole rings is 1. The van der Waals surface area contributed by atoms with Crippen LogP contribution in [0.3, 0.4) is 0 Å². The quantitative estimate of drug-likeness (QED) is 0.770. The zero-order valence-corrected chi connectivity index (χ0v) is 12.2. The van der Waals surface area contributed by atoms with Gasteiger partial charge in [0, 0.05) is 18.9 Å². The van der Waals surface area contributed by atoms with Crippen molar-refractivity contribution in [2.45, 2.75) is 12.2 Å². The minimum absolute atomic E-state index is 0.162. The fraction of sp³-hybridized carbons (Fsp3) is 0.357. The SMILES string of the molecule is FC(F)(F)c1cn2cc(-c3nc(C4COCCN4)no3)ccc2n1. The van der Waals surface area contributed by atoms with Crippen molar-refractivity contribution in [2.75, 3.05) is 19.8 Å². The number of hydrogen-bond acceptors (Lipinski definition) is 6. The van der Waals surface area contributed by atoms with Crippen LogP contribution in [0.5, 0.6) is 0 Å². The first-order valence-corrected chi connectivity index (χ1v) is 7.22. The van der Waals surface area contributed by atoms with Crippen LogP contribution >= 0.6 is 0 Å². The largest absolute Gasteiger partial charge is 0.434 e. The highest BCUT2D eigenvalue weighted by Gasteiger charge is 2.34. The maximum Gasteiger partial charge on any atom is 0.434 e. The van der Waals surface area contributed by atoms with Gasteiger partial charge in [-0.1, -0.05) is 5.16 Å².